The Labute approximate surface area is 104 Å². The molecular formula is C13H15F2N3. The third kappa shape index (κ3) is 2.73. The van der Waals surface area contributed by atoms with Crippen molar-refractivity contribution in [1.82, 2.24) is 10.2 Å². The number of aromatic amines is 1. The van der Waals surface area contributed by atoms with Crippen LogP contribution in [-0.2, 0) is 6.42 Å². The first-order chi connectivity index (χ1) is 8.60. The van der Waals surface area contributed by atoms with Gasteiger partial charge in [-0.05, 0) is 30.7 Å². The molecule has 0 radical (unpaired) electrons. The molecule has 0 aliphatic carbocycles. The van der Waals surface area contributed by atoms with Crippen LogP contribution in [0.4, 0.5) is 8.78 Å². The Morgan fingerprint density at radius 3 is 2.83 bits per heavy atom. The summed E-state index contributed by atoms with van der Waals surface area (Å²) in [6.07, 6.45) is 1.49. The molecule has 0 aliphatic heterocycles. The Bertz CT molecular complexity index is 537. The van der Waals surface area contributed by atoms with Gasteiger partial charge in [0.1, 0.15) is 11.6 Å². The van der Waals surface area contributed by atoms with Crippen molar-refractivity contribution in [2.45, 2.75) is 25.8 Å². The maximum absolute atomic E-state index is 13.5. The number of hydrogen-bond donors (Lipinski definition) is 2. The number of halogens is 2. The Balaban J connectivity index is 2.26. The van der Waals surface area contributed by atoms with Crippen molar-refractivity contribution in [3.05, 3.63) is 41.6 Å². The summed E-state index contributed by atoms with van der Waals surface area (Å²) in [4.78, 5) is 0. The fourth-order valence-electron chi connectivity index (χ4n) is 1.72. The largest absolute Gasteiger partial charge is 0.327 e. The van der Waals surface area contributed by atoms with Crippen LogP contribution in [0.1, 0.15) is 19.0 Å². The fourth-order valence-corrected chi connectivity index (χ4v) is 1.72. The third-order valence-corrected chi connectivity index (χ3v) is 2.84. The number of benzene rings is 1. The minimum atomic E-state index is -0.491. The maximum Gasteiger partial charge on any atom is 0.132 e. The molecule has 2 rings (SSSR count). The van der Waals surface area contributed by atoms with Crippen LogP contribution in [0.5, 0.6) is 0 Å². The third-order valence-electron chi connectivity index (χ3n) is 2.84. The standard InChI is InChI=1S/C13H15F2N3/c1-2-9(16)6-10-7-13(18-17-10)11-5-8(14)3-4-12(11)15/h3-5,7,9H,2,6,16H2,1H3,(H,17,18). The van der Waals surface area contributed by atoms with Gasteiger partial charge in [0, 0.05) is 23.7 Å². The molecule has 0 saturated heterocycles. The molecule has 3 N–H and O–H groups in total. The van der Waals surface area contributed by atoms with E-state index in [0.717, 1.165) is 30.3 Å². The topological polar surface area (TPSA) is 54.7 Å². The normalized spacial score (nSPS) is 12.7. The molecule has 96 valence electrons. The van der Waals surface area contributed by atoms with Crippen molar-refractivity contribution < 1.29 is 8.78 Å². The van der Waals surface area contributed by atoms with Crippen LogP contribution >= 0.6 is 0 Å². The zero-order valence-corrected chi connectivity index (χ0v) is 10.1. The molecule has 1 heterocycles. The van der Waals surface area contributed by atoms with Crippen LogP contribution in [0.25, 0.3) is 11.3 Å². The van der Waals surface area contributed by atoms with E-state index in [9.17, 15) is 8.78 Å². The first kappa shape index (κ1) is 12.7. The highest BCUT2D eigenvalue weighted by Crippen LogP contribution is 2.22. The first-order valence-corrected chi connectivity index (χ1v) is 5.85. The van der Waals surface area contributed by atoms with Gasteiger partial charge in [0.15, 0.2) is 0 Å². The SMILES string of the molecule is CCC(N)Cc1cc(-c2cc(F)ccc2F)n[nH]1. The minimum Gasteiger partial charge on any atom is -0.327 e. The summed E-state index contributed by atoms with van der Waals surface area (Å²) in [7, 11) is 0. The van der Waals surface area contributed by atoms with Gasteiger partial charge in [-0.1, -0.05) is 6.92 Å². The molecule has 0 fully saturated rings. The van der Waals surface area contributed by atoms with Crippen molar-refractivity contribution in [2.75, 3.05) is 0 Å². The van der Waals surface area contributed by atoms with Gasteiger partial charge in [-0.2, -0.15) is 5.10 Å². The molecule has 0 bridgehead atoms. The second kappa shape index (κ2) is 5.27. The van der Waals surface area contributed by atoms with Gasteiger partial charge in [-0.15, -0.1) is 0 Å². The Morgan fingerprint density at radius 1 is 1.33 bits per heavy atom. The van der Waals surface area contributed by atoms with E-state index in [4.69, 9.17) is 5.73 Å². The minimum absolute atomic E-state index is 0.0376. The summed E-state index contributed by atoms with van der Waals surface area (Å²) in [5.41, 5.74) is 7.20. The van der Waals surface area contributed by atoms with Crippen molar-refractivity contribution >= 4 is 0 Å². The number of nitrogens with one attached hydrogen (secondary N) is 1. The van der Waals surface area contributed by atoms with Gasteiger partial charge in [0.25, 0.3) is 0 Å². The molecule has 3 nitrogen and oxygen atoms in total. The number of H-pyrrole nitrogens is 1. The summed E-state index contributed by atoms with van der Waals surface area (Å²) in [5.74, 6) is -0.976. The van der Waals surface area contributed by atoms with E-state index in [-0.39, 0.29) is 11.6 Å². The molecule has 1 aromatic carbocycles. The van der Waals surface area contributed by atoms with Gasteiger partial charge in [-0.25, -0.2) is 8.78 Å². The average molecular weight is 251 g/mol. The predicted molar refractivity (Wildman–Crippen MR) is 65.9 cm³/mol. The lowest BCUT2D eigenvalue weighted by molar-refractivity contribution is 0.602. The highest BCUT2D eigenvalue weighted by Gasteiger charge is 2.11. The lowest BCUT2D eigenvalue weighted by Gasteiger charge is -2.04. The second-order valence-electron chi connectivity index (χ2n) is 4.28. The lowest BCUT2D eigenvalue weighted by atomic mass is 10.1. The summed E-state index contributed by atoms with van der Waals surface area (Å²) in [5, 5.41) is 6.79. The van der Waals surface area contributed by atoms with Gasteiger partial charge < -0.3 is 5.73 Å². The summed E-state index contributed by atoms with van der Waals surface area (Å²) >= 11 is 0. The van der Waals surface area contributed by atoms with E-state index < -0.39 is 11.6 Å². The summed E-state index contributed by atoms with van der Waals surface area (Å²) in [6, 6.07) is 5.05. The van der Waals surface area contributed by atoms with Gasteiger partial charge in [0.05, 0.1) is 5.69 Å². The van der Waals surface area contributed by atoms with Crippen LogP contribution in [0.15, 0.2) is 24.3 Å². The van der Waals surface area contributed by atoms with E-state index in [1.807, 2.05) is 6.92 Å². The van der Waals surface area contributed by atoms with E-state index in [0.29, 0.717) is 12.1 Å². The van der Waals surface area contributed by atoms with Gasteiger partial charge in [0.2, 0.25) is 0 Å². The van der Waals surface area contributed by atoms with E-state index in [1.54, 1.807) is 6.07 Å². The predicted octanol–water partition coefficient (Wildman–Crippen LogP) is 2.63. The highest BCUT2D eigenvalue weighted by atomic mass is 19.1. The van der Waals surface area contributed by atoms with Gasteiger partial charge in [-0.3, -0.25) is 5.10 Å². The van der Waals surface area contributed by atoms with Crippen LogP contribution < -0.4 is 5.73 Å². The maximum atomic E-state index is 13.5. The zero-order chi connectivity index (χ0) is 13.1. The van der Waals surface area contributed by atoms with Crippen LogP contribution in [0.2, 0.25) is 0 Å². The molecule has 0 saturated carbocycles. The van der Waals surface area contributed by atoms with Crippen LogP contribution in [-0.4, -0.2) is 16.2 Å². The van der Waals surface area contributed by atoms with E-state index >= 15 is 0 Å². The van der Waals surface area contributed by atoms with E-state index in [2.05, 4.69) is 10.2 Å². The lowest BCUT2D eigenvalue weighted by Crippen LogP contribution is -2.21. The van der Waals surface area contributed by atoms with Crippen molar-refractivity contribution in [1.29, 1.82) is 0 Å². The Hall–Kier alpha value is -1.75. The number of hydrogen-bond acceptors (Lipinski definition) is 2. The second-order valence-corrected chi connectivity index (χ2v) is 4.28. The number of aromatic nitrogens is 2. The average Bonchev–Trinajstić information content (AvgIpc) is 2.80. The molecule has 0 spiro atoms. The molecule has 2 aromatic rings. The monoisotopic (exact) mass is 251 g/mol. The molecule has 1 unspecified atom stereocenters. The fraction of sp³-hybridized carbons (Fsp3) is 0.308. The first-order valence-electron chi connectivity index (χ1n) is 5.85. The van der Waals surface area contributed by atoms with Crippen LogP contribution in [0.3, 0.4) is 0 Å². The molecule has 5 heteroatoms. The van der Waals surface area contributed by atoms with Crippen molar-refractivity contribution in [3.63, 3.8) is 0 Å². The zero-order valence-electron chi connectivity index (χ0n) is 10.1. The molecule has 1 atom stereocenters. The Kier molecular flexibility index (Phi) is 3.72. The van der Waals surface area contributed by atoms with Gasteiger partial charge >= 0.3 is 0 Å². The number of rotatable bonds is 4. The quantitative estimate of drug-likeness (QED) is 0.877. The molecule has 18 heavy (non-hydrogen) atoms. The smallest absolute Gasteiger partial charge is 0.132 e. The summed E-state index contributed by atoms with van der Waals surface area (Å²) in [6.45, 7) is 1.99. The Morgan fingerprint density at radius 2 is 2.11 bits per heavy atom. The number of nitrogens with two attached hydrogens (primary N) is 1. The van der Waals surface area contributed by atoms with Crippen molar-refractivity contribution in [2.24, 2.45) is 5.73 Å². The molecule has 0 aliphatic rings. The molecule has 1 aromatic heterocycles. The summed E-state index contributed by atoms with van der Waals surface area (Å²) < 4.78 is 26.6. The highest BCUT2D eigenvalue weighted by molar-refractivity contribution is 5.60. The molecule has 0 amide bonds. The van der Waals surface area contributed by atoms with Crippen LogP contribution in [0, 0.1) is 11.6 Å². The van der Waals surface area contributed by atoms with Crippen molar-refractivity contribution in [3.8, 4) is 11.3 Å². The van der Waals surface area contributed by atoms with E-state index in [1.165, 1.54) is 0 Å². The number of nitrogens with zero attached hydrogens (tertiary/aromatic N) is 1. The molecular weight excluding hydrogens is 236 g/mol.